The van der Waals surface area contributed by atoms with Crippen molar-refractivity contribution in [2.75, 3.05) is 17.7 Å². The van der Waals surface area contributed by atoms with Crippen LogP contribution in [-0.4, -0.2) is 23.6 Å². The van der Waals surface area contributed by atoms with Crippen molar-refractivity contribution in [1.29, 1.82) is 5.26 Å². The smallest absolute Gasteiger partial charge is 0.0992 e. The number of alkyl halides is 1. The minimum absolute atomic E-state index is 0.195. The Morgan fingerprint density at radius 3 is 2.87 bits per heavy atom. The van der Waals surface area contributed by atoms with Crippen molar-refractivity contribution in [3.05, 3.63) is 28.2 Å². The second-order valence-corrected chi connectivity index (χ2v) is 4.16. The molecule has 1 aromatic rings. The maximum absolute atomic E-state index is 9.25. The van der Waals surface area contributed by atoms with E-state index in [9.17, 15) is 5.11 Å². The number of nitrogens with one attached hydrogen (secondary N) is 1. The Morgan fingerprint density at radius 1 is 1.60 bits per heavy atom. The Labute approximate surface area is 102 Å². The second kappa shape index (κ2) is 5.96. The number of nitrogens with zero attached hydrogens (tertiary/aromatic N) is 1. The number of anilines is 1. The molecule has 0 aromatic heterocycles. The van der Waals surface area contributed by atoms with Crippen molar-refractivity contribution in [3.8, 4) is 6.07 Å². The van der Waals surface area contributed by atoms with Gasteiger partial charge in [0.15, 0.2) is 0 Å². The fourth-order valence-electron chi connectivity index (χ4n) is 1.01. The van der Waals surface area contributed by atoms with Gasteiger partial charge in [-0.15, -0.1) is 11.6 Å². The standard InChI is InChI=1S/C10H10BrClN2O/c11-9-3-7(5-13)1-2-10(9)14-6-8(15)4-12/h1-3,8,14-15H,4,6H2. The molecule has 0 spiro atoms. The highest BCUT2D eigenvalue weighted by atomic mass is 79.9. The van der Waals surface area contributed by atoms with Crippen LogP contribution >= 0.6 is 27.5 Å². The zero-order valence-corrected chi connectivity index (χ0v) is 10.2. The number of halogens is 2. The van der Waals surface area contributed by atoms with Crippen LogP contribution in [0.1, 0.15) is 5.56 Å². The molecule has 0 saturated carbocycles. The lowest BCUT2D eigenvalue weighted by atomic mass is 10.2. The molecule has 2 N–H and O–H groups in total. The first-order valence-corrected chi connectivity index (χ1v) is 5.67. The van der Waals surface area contributed by atoms with Gasteiger partial charge < -0.3 is 10.4 Å². The summed E-state index contributed by atoms with van der Waals surface area (Å²) in [6.45, 7) is 0.383. The topological polar surface area (TPSA) is 56.0 Å². The van der Waals surface area contributed by atoms with Gasteiger partial charge >= 0.3 is 0 Å². The molecule has 15 heavy (non-hydrogen) atoms. The Hall–Kier alpha value is -0.760. The Kier molecular flexibility index (Phi) is 4.89. The lowest BCUT2D eigenvalue weighted by Gasteiger charge is -2.11. The SMILES string of the molecule is N#Cc1ccc(NCC(O)CCl)c(Br)c1. The summed E-state index contributed by atoms with van der Waals surface area (Å²) in [4.78, 5) is 0. The van der Waals surface area contributed by atoms with Crippen LogP contribution in [-0.2, 0) is 0 Å². The molecule has 5 heteroatoms. The van der Waals surface area contributed by atoms with Crippen molar-refractivity contribution in [3.63, 3.8) is 0 Å². The summed E-state index contributed by atoms with van der Waals surface area (Å²) in [5.41, 5.74) is 1.42. The molecule has 0 aliphatic heterocycles. The fraction of sp³-hybridized carbons (Fsp3) is 0.300. The first-order valence-electron chi connectivity index (χ1n) is 4.35. The molecule has 0 aliphatic rings. The van der Waals surface area contributed by atoms with E-state index in [1.807, 2.05) is 6.07 Å². The van der Waals surface area contributed by atoms with Gasteiger partial charge in [0.05, 0.1) is 23.6 Å². The third-order valence-electron chi connectivity index (χ3n) is 1.80. The number of hydrogen-bond donors (Lipinski definition) is 2. The first-order chi connectivity index (χ1) is 7.17. The lowest BCUT2D eigenvalue weighted by molar-refractivity contribution is 0.211. The van der Waals surface area contributed by atoms with Crippen molar-refractivity contribution < 1.29 is 5.11 Å². The van der Waals surface area contributed by atoms with Crippen molar-refractivity contribution in [1.82, 2.24) is 0 Å². The number of rotatable bonds is 4. The number of hydrogen-bond acceptors (Lipinski definition) is 3. The molecule has 1 unspecified atom stereocenters. The van der Waals surface area contributed by atoms with Crippen LogP contribution in [0.3, 0.4) is 0 Å². The molecule has 0 amide bonds. The summed E-state index contributed by atoms with van der Waals surface area (Å²) >= 11 is 8.79. The third kappa shape index (κ3) is 3.71. The van der Waals surface area contributed by atoms with Gasteiger partial charge in [0.2, 0.25) is 0 Å². The summed E-state index contributed by atoms with van der Waals surface area (Å²) in [6, 6.07) is 7.25. The quantitative estimate of drug-likeness (QED) is 0.837. The van der Waals surface area contributed by atoms with Gasteiger partial charge in [0, 0.05) is 16.7 Å². The molecule has 1 rings (SSSR count). The largest absolute Gasteiger partial charge is 0.390 e. The predicted octanol–water partition coefficient (Wildman–Crippen LogP) is 2.33. The van der Waals surface area contributed by atoms with E-state index in [1.54, 1.807) is 18.2 Å². The van der Waals surface area contributed by atoms with Gasteiger partial charge in [-0.2, -0.15) is 5.26 Å². The zero-order valence-electron chi connectivity index (χ0n) is 7.87. The normalized spacial score (nSPS) is 11.9. The van der Waals surface area contributed by atoms with Crippen LogP contribution in [0.5, 0.6) is 0 Å². The molecule has 80 valence electrons. The van der Waals surface area contributed by atoms with Gasteiger partial charge in [-0.25, -0.2) is 0 Å². The molecule has 0 bridgehead atoms. The summed E-state index contributed by atoms with van der Waals surface area (Å²) in [5, 5.41) is 20.9. The van der Waals surface area contributed by atoms with E-state index >= 15 is 0 Å². The van der Waals surface area contributed by atoms with Crippen LogP contribution in [0.25, 0.3) is 0 Å². The number of aliphatic hydroxyl groups is 1. The molecule has 0 saturated heterocycles. The summed E-state index contributed by atoms with van der Waals surface area (Å²) in [7, 11) is 0. The van der Waals surface area contributed by atoms with Gasteiger partial charge in [-0.1, -0.05) is 0 Å². The predicted molar refractivity (Wildman–Crippen MR) is 64.1 cm³/mol. The average Bonchev–Trinajstić information content (AvgIpc) is 2.26. The summed E-state index contributed by atoms with van der Waals surface area (Å²) < 4.78 is 0.795. The van der Waals surface area contributed by atoms with Gasteiger partial charge in [0.1, 0.15) is 0 Å². The van der Waals surface area contributed by atoms with Crippen LogP contribution in [0, 0.1) is 11.3 Å². The minimum Gasteiger partial charge on any atom is -0.390 e. The highest BCUT2D eigenvalue weighted by Crippen LogP contribution is 2.23. The van der Waals surface area contributed by atoms with E-state index in [0.29, 0.717) is 12.1 Å². The molecular weight excluding hydrogens is 279 g/mol. The van der Waals surface area contributed by atoms with Gasteiger partial charge in [0.25, 0.3) is 0 Å². The van der Waals surface area contributed by atoms with Crippen LogP contribution < -0.4 is 5.32 Å². The van der Waals surface area contributed by atoms with Crippen molar-refractivity contribution in [2.45, 2.75) is 6.10 Å². The Balaban J connectivity index is 2.67. The summed E-state index contributed by atoms with van der Waals surface area (Å²) in [6.07, 6.45) is -0.575. The van der Waals surface area contributed by atoms with E-state index in [2.05, 4.69) is 21.2 Å². The third-order valence-corrected chi connectivity index (χ3v) is 2.82. The maximum atomic E-state index is 9.25. The molecule has 0 fully saturated rings. The Bertz CT molecular complexity index is 378. The number of benzene rings is 1. The molecular formula is C10H10BrClN2O. The van der Waals surface area contributed by atoms with Crippen molar-refractivity contribution in [2.24, 2.45) is 0 Å². The van der Waals surface area contributed by atoms with E-state index in [1.165, 1.54) is 0 Å². The molecule has 1 atom stereocenters. The molecule has 0 aliphatic carbocycles. The minimum atomic E-state index is -0.575. The molecule has 0 heterocycles. The van der Waals surface area contributed by atoms with Crippen LogP contribution in [0.4, 0.5) is 5.69 Å². The molecule has 1 aromatic carbocycles. The van der Waals surface area contributed by atoms with Crippen LogP contribution in [0.2, 0.25) is 0 Å². The lowest BCUT2D eigenvalue weighted by Crippen LogP contribution is -2.20. The van der Waals surface area contributed by atoms with E-state index in [0.717, 1.165) is 10.2 Å². The van der Waals surface area contributed by atoms with Crippen LogP contribution in [0.15, 0.2) is 22.7 Å². The van der Waals surface area contributed by atoms with E-state index in [-0.39, 0.29) is 5.88 Å². The van der Waals surface area contributed by atoms with E-state index < -0.39 is 6.10 Å². The second-order valence-electron chi connectivity index (χ2n) is 3.00. The maximum Gasteiger partial charge on any atom is 0.0992 e. The zero-order chi connectivity index (χ0) is 11.3. The average molecular weight is 290 g/mol. The summed E-state index contributed by atoms with van der Waals surface area (Å²) in [5.74, 6) is 0.195. The number of aliphatic hydroxyl groups excluding tert-OH is 1. The first kappa shape index (κ1) is 12.3. The highest BCUT2D eigenvalue weighted by Gasteiger charge is 2.04. The van der Waals surface area contributed by atoms with Gasteiger partial charge in [-0.3, -0.25) is 0 Å². The highest BCUT2D eigenvalue weighted by molar-refractivity contribution is 9.10. The van der Waals surface area contributed by atoms with Crippen molar-refractivity contribution >= 4 is 33.2 Å². The fourth-order valence-corrected chi connectivity index (χ4v) is 1.64. The monoisotopic (exact) mass is 288 g/mol. The Morgan fingerprint density at radius 2 is 2.33 bits per heavy atom. The molecule has 0 radical (unpaired) electrons. The number of nitriles is 1. The molecule has 3 nitrogen and oxygen atoms in total. The van der Waals surface area contributed by atoms with E-state index in [4.69, 9.17) is 16.9 Å². The van der Waals surface area contributed by atoms with Gasteiger partial charge in [-0.05, 0) is 34.1 Å².